The van der Waals surface area contributed by atoms with E-state index < -0.39 is 23.6 Å². The molecule has 2 N–H and O–H groups in total. The molecule has 148 valence electrons. The van der Waals surface area contributed by atoms with Gasteiger partial charge in [-0.2, -0.15) is 13.2 Å². The zero-order valence-corrected chi connectivity index (χ0v) is 15.8. The second-order valence-corrected chi connectivity index (χ2v) is 8.09. The first-order valence-electron chi connectivity index (χ1n) is 8.92. The van der Waals surface area contributed by atoms with Gasteiger partial charge in [0.1, 0.15) is 6.61 Å². The maximum Gasteiger partial charge on any atom is 0.411 e. The summed E-state index contributed by atoms with van der Waals surface area (Å²) in [5, 5.41) is 6.74. The summed E-state index contributed by atoms with van der Waals surface area (Å²) in [6.07, 6.45) is 0.0628. The second-order valence-electron chi connectivity index (χ2n) is 6.08. The van der Waals surface area contributed by atoms with Gasteiger partial charge in [-0.1, -0.05) is 13.3 Å². The van der Waals surface area contributed by atoms with Gasteiger partial charge in [0.25, 0.3) is 0 Å². The molecule has 0 heterocycles. The highest BCUT2D eigenvalue weighted by Gasteiger charge is 2.27. The fraction of sp³-hybridized carbons (Fsp3) is 0.938. The fourth-order valence-corrected chi connectivity index (χ4v) is 4.16. The first-order chi connectivity index (χ1) is 11.9. The van der Waals surface area contributed by atoms with Gasteiger partial charge in [-0.15, -0.1) is 0 Å². The van der Waals surface area contributed by atoms with E-state index >= 15 is 0 Å². The van der Waals surface area contributed by atoms with Crippen molar-refractivity contribution in [3.05, 3.63) is 0 Å². The van der Waals surface area contributed by atoms with Crippen molar-refractivity contribution in [2.24, 2.45) is 4.99 Å². The molecule has 0 aromatic carbocycles. The molecule has 0 aliphatic heterocycles. The first-order valence-corrected chi connectivity index (χ1v) is 10.3. The number of guanidine groups is 1. The molecule has 25 heavy (non-hydrogen) atoms. The van der Waals surface area contributed by atoms with E-state index in [4.69, 9.17) is 0 Å². The van der Waals surface area contributed by atoms with E-state index in [1.165, 1.54) is 0 Å². The summed E-state index contributed by atoms with van der Waals surface area (Å²) in [5.41, 5.74) is 0. The van der Waals surface area contributed by atoms with Crippen LogP contribution in [0.5, 0.6) is 0 Å². The number of hydrogen-bond donors (Lipinski definition) is 2. The minimum absolute atomic E-state index is 0.0312. The van der Waals surface area contributed by atoms with Crippen LogP contribution in [0.3, 0.4) is 0 Å². The van der Waals surface area contributed by atoms with Crippen LogP contribution in [-0.2, 0) is 15.5 Å². The Morgan fingerprint density at radius 2 is 2.08 bits per heavy atom. The van der Waals surface area contributed by atoms with Crippen LogP contribution in [-0.4, -0.2) is 59.7 Å². The molecule has 5 nitrogen and oxygen atoms in total. The summed E-state index contributed by atoms with van der Waals surface area (Å²) in [6.45, 7) is 3.81. The van der Waals surface area contributed by atoms with Crippen LogP contribution < -0.4 is 10.6 Å². The van der Waals surface area contributed by atoms with E-state index in [1.54, 1.807) is 0 Å². The van der Waals surface area contributed by atoms with Crippen molar-refractivity contribution in [1.29, 1.82) is 0 Å². The molecule has 1 fully saturated rings. The lowest BCUT2D eigenvalue weighted by atomic mass is 9.95. The Labute approximate surface area is 150 Å². The van der Waals surface area contributed by atoms with Gasteiger partial charge in [-0.25, -0.2) is 0 Å². The van der Waals surface area contributed by atoms with Crippen molar-refractivity contribution in [2.45, 2.75) is 63.4 Å². The van der Waals surface area contributed by atoms with Gasteiger partial charge >= 0.3 is 6.18 Å². The summed E-state index contributed by atoms with van der Waals surface area (Å²) in [4.78, 5) is 4.39. The van der Waals surface area contributed by atoms with Gasteiger partial charge in [0, 0.05) is 47.5 Å². The Balaban J connectivity index is 2.38. The van der Waals surface area contributed by atoms with E-state index in [0.717, 1.165) is 25.7 Å². The minimum atomic E-state index is -4.28. The maximum atomic E-state index is 12.0. The topological polar surface area (TPSA) is 62.7 Å². The summed E-state index contributed by atoms with van der Waals surface area (Å²) in [6, 6.07) is 0.230. The molecule has 0 spiro atoms. The van der Waals surface area contributed by atoms with E-state index in [-0.39, 0.29) is 17.9 Å². The van der Waals surface area contributed by atoms with Crippen molar-refractivity contribution in [3.63, 3.8) is 0 Å². The Kier molecular flexibility index (Phi) is 10.4. The van der Waals surface area contributed by atoms with Crippen molar-refractivity contribution in [1.82, 2.24) is 10.6 Å². The number of hydrogen-bond acceptors (Lipinski definition) is 3. The molecule has 9 heteroatoms. The smallest absolute Gasteiger partial charge is 0.372 e. The Hall–Kier alpha value is -0.830. The summed E-state index contributed by atoms with van der Waals surface area (Å²) < 4.78 is 52.5. The molecular weight excluding hydrogens is 355 g/mol. The van der Waals surface area contributed by atoms with Gasteiger partial charge in [0.2, 0.25) is 0 Å². The first kappa shape index (κ1) is 22.2. The van der Waals surface area contributed by atoms with Crippen LogP contribution >= 0.6 is 0 Å². The third-order valence-corrected chi connectivity index (χ3v) is 5.69. The lowest BCUT2D eigenvalue weighted by Crippen LogP contribution is -2.46. The van der Waals surface area contributed by atoms with Gasteiger partial charge in [0.05, 0.1) is 0 Å². The van der Waals surface area contributed by atoms with Gasteiger partial charge in [-0.05, 0) is 32.6 Å². The molecule has 1 aliphatic rings. The molecule has 0 radical (unpaired) electrons. The molecular formula is C16H30F3N3O2S. The fourth-order valence-electron chi connectivity index (χ4n) is 2.81. The number of nitrogens with one attached hydrogen (secondary N) is 2. The van der Waals surface area contributed by atoms with Crippen LogP contribution in [0.1, 0.15) is 46.0 Å². The summed E-state index contributed by atoms with van der Waals surface area (Å²) in [5.74, 6) is 1.34. The lowest BCUT2D eigenvalue weighted by molar-refractivity contribution is -0.173. The standard InChI is InChI=1S/C16H30F3N3O2S/c1-3-20-15(21-9-6-10-24-12-16(17,18)19)22-13-7-5-8-14(11-13)25(23)4-2/h13-14H,3-12H2,1-2H3,(H2,20,21,22). The largest absolute Gasteiger partial charge is 0.411 e. The number of ether oxygens (including phenoxy) is 1. The molecule has 0 aromatic rings. The highest BCUT2D eigenvalue weighted by atomic mass is 32.2. The highest BCUT2D eigenvalue weighted by molar-refractivity contribution is 7.85. The predicted octanol–water partition coefficient (Wildman–Crippen LogP) is 2.59. The summed E-state index contributed by atoms with van der Waals surface area (Å²) >= 11 is 0. The zero-order chi connectivity index (χ0) is 18.7. The van der Waals surface area contributed by atoms with E-state index in [9.17, 15) is 17.4 Å². The Bertz CT molecular complexity index is 433. The van der Waals surface area contributed by atoms with Crippen LogP contribution in [0, 0.1) is 0 Å². The van der Waals surface area contributed by atoms with Crippen LogP contribution in [0.2, 0.25) is 0 Å². The number of aliphatic imine (C=N–C) groups is 1. The summed E-state index contributed by atoms with van der Waals surface area (Å²) in [7, 11) is -0.778. The number of halogens is 3. The van der Waals surface area contributed by atoms with Crippen molar-refractivity contribution < 1.29 is 22.1 Å². The van der Waals surface area contributed by atoms with E-state index in [2.05, 4.69) is 20.4 Å². The molecule has 3 atom stereocenters. The number of nitrogens with zero attached hydrogens (tertiary/aromatic N) is 1. The van der Waals surface area contributed by atoms with Gasteiger partial charge in [-0.3, -0.25) is 9.20 Å². The molecule has 0 aromatic heterocycles. The molecule has 0 saturated heterocycles. The van der Waals surface area contributed by atoms with Gasteiger partial charge in [0.15, 0.2) is 5.96 Å². The van der Waals surface area contributed by atoms with Crippen LogP contribution in [0.15, 0.2) is 4.99 Å². The van der Waals surface area contributed by atoms with E-state index in [1.807, 2.05) is 13.8 Å². The van der Waals surface area contributed by atoms with Crippen molar-refractivity contribution in [3.8, 4) is 0 Å². The third kappa shape index (κ3) is 10.0. The quantitative estimate of drug-likeness (QED) is 0.364. The molecule has 1 saturated carbocycles. The Morgan fingerprint density at radius 1 is 1.32 bits per heavy atom. The number of rotatable bonds is 9. The average molecular weight is 385 g/mol. The maximum absolute atomic E-state index is 12.0. The zero-order valence-electron chi connectivity index (χ0n) is 15.0. The molecule has 0 bridgehead atoms. The monoisotopic (exact) mass is 385 g/mol. The average Bonchev–Trinajstić information content (AvgIpc) is 2.56. The molecule has 3 unspecified atom stereocenters. The highest BCUT2D eigenvalue weighted by Crippen LogP contribution is 2.23. The molecule has 0 amide bonds. The lowest BCUT2D eigenvalue weighted by Gasteiger charge is -2.30. The number of alkyl halides is 3. The van der Waals surface area contributed by atoms with Gasteiger partial charge < -0.3 is 15.4 Å². The van der Waals surface area contributed by atoms with E-state index in [0.29, 0.717) is 31.2 Å². The van der Waals surface area contributed by atoms with Crippen molar-refractivity contribution in [2.75, 3.05) is 32.1 Å². The van der Waals surface area contributed by atoms with Crippen LogP contribution in [0.4, 0.5) is 13.2 Å². The van der Waals surface area contributed by atoms with Crippen molar-refractivity contribution >= 4 is 16.8 Å². The predicted molar refractivity (Wildman–Crippen MR) is 95.3 cm³/mol. The minimum Gasteiger partial charge on any atom is -0.372 e. The third-order valence-electron chi connectivity index (χ3n) is 3.95. The molecule has 1 aliphatic carbocycles. The normalized spacial score (nSPS) is 23.3. The molecule has 1 rings (SSSR count). The second kappa shape index (κ2) is 11.7. The SMILES string of the molecule is CCNC(=NCCCOCC(F)(F)F)NC1CCCC(S(=O)CC)C1. The van der Waals surface area contributed by atoms with Crippen LogP contribution in [0.25, 0.3) is 0 Å². The Morgan fingerprint density at radius 3 is 2.72 bits per heavy atom.